The molecule has 3 heterocycles. The quantitative estimate of drug-likeness (QED) is 0.211. The van der Waals surface area contributed by atoms with E-state index in [0.717, 1.165) is 0 Å². The van der Waals surface area contributed by atoms with Gasteiger partial charge in [-0.25, -0.2) is 0 Å². The van der Waals surface area contributed by atoms with Gasteiger partial charge >= 0.3 is 0 Å². The number of benzene rings is 5. The predicted molar refractivity (Wildman–Crippen MR) is 164 cm³/mol. The summed E-state index contributed by atoms with van der Waals surface area (Å²) in [7, 11) is 0. The summed E-state index contributed by atoms with van der Waals surface area (Å²) in [5.74, 6) is 0. The third kappa shape index (κ3) is 2.74. The largest absolute Gasteiger partial charge is 0.318 e. The highest BCUT2D eigenvalue weighted by atomic mass is 15.2. The third-order valence-corrected chi connectivity index (χ3v) is 8.38. The van der Waals surface area contributed by atoms with E-state index in [-0.39, 0.29) is 6.04 Å². The molecule has 182 valence electrons. The van der Waals surface area contributed by atoms with Crippen molar-refractivity contribution in [1.29, 1.82) is 0 Å². The average Bonchev–Trinajstić information content (AvgIpc) is 3.50. The molecule has 0 bridgehead atoms. The molecule has 1 aliphatic carbocycles. The Hall–Kier alpha value is -5.15. The van der Waals surface area contributed by atoms with Crippen LogP contribution in [-0.2, 0) is 0 Å². The molecule has 0 saturated heterocycles. The van der Waals surface area contributed by atoms with Crippen molar-refractivity contribution >= 4 is 60.7 Å². The van der Waals surface area contributed by atoms with Crippen LogP contribution in [0.1, 0.15) is 6.04 Å². The number of fused-ring (bicyclic) bond motifs is 8. The van der Waals surface area contributed by atoms with Gasteiger partial charge in [-0.1, -0.05) is 85.0 Å². The molecule has 5 aromatic carbocycles. The van der Waals surface area contributed by atoms with Gasteiger partial charge in [-0.05, 0) is 30.3 Å². The first-order valence-corrected chi connectivity index (χ1v) is 13.5. The van der Waals surface area contributed by atoms with E-state index >= 15 is 0 Å². The summed E-state index contributed by atoms with van der Waals surface area (Å²) in [6.07, 6.45) is 8.94. The Balaban J connectivity index is 1.46. The maximum Gasteiger partial charge on any atom is 0.235 e. The monoisotopic (exact) mass is 498 g/mol. The van der Waals surface area contributed by atoms with Crippen LogP contribution in [0.2, 0.25) is 0 Å². The maximum absolute atomic E-state index is 2.56. The lowest BCUT2D eigenvalue weighted by atomic mass is 10.0. The van der Waals surface area contributed by atoms with E-state index in [4.69, 9.17) is 0 Å². The highest BCUT2D eigenvalue weighted by Crippen LogP contribution is 2.45. The number of allylic oxidation sites excluding steroid dienone is 4. The summed E-state index contributed by atoms with van der Waals surface area (Å²) in [4.78, 5) is 0. The van der Waals surface area contributed by atoms with Gasteiger partial charge in [0.05, 0.1) is 16.6 Å². The van der Waals surface area contributed by atoms with Gasteiger partial charge in [-0.2, -0.15) is 4.58 Å². The minimum atomic E-state index is 0.108. The van der Waals surface area contributed by atoms with Crippen LogP contribution >= 0.6 is 0 Å². The fourth-order valence-corrected chi connectivity index (χ4v) is 6.82. The summed E-state index contributed by atoms with van der Waals surface area (Å²) in [5.41, 5.74) is 9.88. The highest BCUT2D eigenvalue weighted by molar-refractivity contribution is 6.22. The van der Waals surface area contributed by atoms with Crippen LogP contribution in [0, 0.1) is 0 Å². The normalized spacial score (nSPS) is 16.2. The Kier molecular flexibility index (Phi) is 4.11. The van der Waals surface area contributed by atoms with Gasteiger partial charge in [0.1, 0.15) is 11.6 Å². The first-order chi connectivity index (χ1) is 19.4. The van der Waals surface area contributed by atoms with Gasteiger partial charge in [-0.15, -0.1) is 0 Å². The molecule has 0 radical (unpaired) electrons. The third-order valence-electron chi connectivity index (χ3n) is 8.38. The van der Waals surface area contributed by atoms with Crippen molar-refractivity contribution in [1.82, 2.24) is 13.7 Å². The lowest BCUT2D eigenvalue weighted by Crippen LogP contribution is -2.30. The molecule has 0 N–H and O–H groups in total. The topological polar surface area (TPSA) is 12.9 Å². The molecule has 7 aromatic rings. The Morgan fingerprint density at radius 3 is 2.18 bits per heavy atom. The molecule has 2 aromatic heterocycles. The van der Waals surface area contributed by atoms with E-state index in [0.29, 0.717) is 0 Å². The summed E-state index contributed by atoms with van der Waals surface area (Å²) < 4.78 is 7.41. The van der Waals surface area contributed by atoms with Crippen LogP contribution in [0.4, 0.5) is 11.4 Å². The highest BCUT2D eigenvalue weighted by Gasteiger charge is 2.37. The number of aromatic nitrogens is 2. The molecular formula is C36H24N3+. The van der Waals surface area contributed by atoms with E-state index in [1.54, 1.807) is 0 Å². The summed E-state index contributed by atoms with van der Waals surface area (Å²) >= 11 is 0. The maximum atomic E-state index is 2.56. The Bertz CT molecular complexity index is 2210. The van der Waals surface area contributed by atoms with E-state index in [2.05, 4.69) is 153 Å². The van der Waals surface area contributed by atoms with Gasteiger partial charge in [0.2, 0.25) is 17.1 Å². The van der Waals surface area contributed by atoms with Gasteiger partial charge in [0.25, 0.3) is 0 Å². The molecule has 1 atom stereocenters. The van der Waals surface area contributed by atoms with Crippen molar-refractivity contribution in [2.24, 2.45) is 0 Å². The van der Waals surface area contributed by atoms with Crippen LogP contribution in [0.25, 0.3) is 49.3 Å². The van der Waals surface area contributed by atoms with Crippen molar-refractivity contribution < 1.29 is 0 Å². The fourth-order valence-electron chi connectivity index (χ4n) is 6.82. The number of rotatable bonds is 2. The molecule has 39 heavy (non-hydrogen) atoms. The van der Waals surface area contributed by atoms with Gasteiger partial charge in [0, 0.05) is 51.5 Å². The van der Waals surface area contributed by atoms with E-state index in [9.17, 15) is 0 Å². The van der Waals surface area contributed by atoms with Crippen LogP contribution in [0.5, 0.6) is 0 Å². The second kappa shape index (κ2) is 7.68. The predicted octanol–water partition coefficient (Wildman–Crippen LogP) is 8.85. The van der Waals surface area contributed by atoms with Gasteiger partial charge < -0.3 is 9.13 Å². The van der Waals surface area contributed by atoms with Gasteiger partial charge in [0.15, 0.2) is 0 Å². The molecule has 0 amide bonds. The van der Waals surface area contributed by atoms with Crippen LogP contribution in [0.3, 0.4) is 0 Å². The zero-order valence-electron chi connectivity index (χ0n) is 21.2. The van der Waals surface area contributed by atoms with E-state index < -0.39 is 0 Å². The standard InChI is InChI=1S/C36H24N3/c1-3-12-24(13-4-1)37-30-18-8-7-16-26(30)28-22-29-27-17-11-21-33-36(27)39(35(29)23-34(28)37)32-20-10-9-19-31(32)38(33)25-14-5-2-6-15-25/h1-23,32H/q+1. The Morgan fingerprint density at radius 2 is 1.31 bits per heavy atom. The molecule has 0 fully saturated rings. The average molecular weight is 499 g/mol. The lowest BCUT2D eigenvalue weighted by molar-refractivity contribution is 0.781. The van der Waals surface area contributed by atoms with Gasteiger partial charge in [-0.3, -0.25) is 0 Å². The minimum Gasteiger partial charge on any atom is -0.318 e. The smallest absolute Gasteiger partial charge is 0.235 e. The van der Waals surface area contributed by atoms with Crippen molar-refractivity contribution in [3.63, 3.8) is 0 Å². The number of hydrogen-bond donors (Lipinski definition) is 0. The molecule has 3 heteroatoms. The first kappa shape index (κ1) is 20.9. The lowest BCUT2D eigenvalue weighted by Gasteiger charge is -2.24. The molecule has 0 saturated carbocycles. The minimum absolute atomic E-state index is 0.108. The van der Waals surface area contributed by atoms with Crippen molar-refractivity contribution in [2.75, 3.05) is 0 Å². The second-order valence-electron chi connectivity index (χ2n) is 10.4. The molecule has 1 aliphatic heterocycles. The molecule has 3 nitrogen and oxygen atoms in total. The van der Waals surface area contributed by atoms with Crippen LogP contribution in [-0.4, -0.2) is 14.8 Å². The van der Waals surface area contributed by atoms with Crippen molar-refractivity contribution in [3.05, 3.63) is 140 Å². The summed E-state index contributed by atoms with van der Waals surface area (Å²) in [6.45, 7) is 0. The van der Waals surface area contributed by atoms with Crippen LogP contribution < -0.4 is 4.58 Å². The SMILES string of the molecule is C1=CC2=[N+](c3ccccc3)c3cccc4c5cc6c7ccccc7n(-c7ccccc7)c6cc5n(c34)C2C=C1. The zero-order valence-corrected chi connectivity index (χ0v) is 21.2. The number of hydrogen-bond acceptors (Lipinski definition) is 0. The Labute approximate surface area is 225 Å². The molecule has 9 rings (SSSR count). The van der Waals surface area contributed by atoms with Crippen molar-refractivity contribution in [2.45, 2.75) is 6.04 Å². The van der Waals surface area contributed by atoms with E-state index in [1.165, 1.54) is 66.4 Å². The zero-order chi connectivity index (χ0) is 25.5. The first-order valence-electron chi connectivity index (χ1n) is 13.5. The number of nitrogens with zero attached hydrogens (tertiary/aromatic N) is 3. The molecular weight excluding hydrogens is 474 g/mol. The van der Waals surface area contributed by atoms with Crippen molar-refractivity contribution in [3.8, 4) is 5.69 Å². The number of para-hydroxylation sites is 4. The summed E-state index contributed by atoms with van der Waals surface area (Å²) in [6, 6.07) is 41.9. The molecule has 1 unspecified atom stereocenters. The van der Waals surface area contributed by atoms with E-state index in [1.807, 2.05) is 0 Å². The second-order valence-corrected chi connectivity index (χ2v) is 10.4. The summed E-state index contributed by atoms with van der Waals surface area (Å²) in [5, 5.41) is 5.16. The van der Waals surface area contributed by atoms with Crippen LogP contribution in [0.15, 0.2) is 140 Å². The Morgan fingerprint density at radius 1 is 0.564 bits per heavy atom. The molecule has 0 spiro atoms. The fraction of sp³-hybridized carbons (Fsp3) is 0.0278. The molecule has 2 aliphatic rings.